The van der Waals surface area contributed by atoms with E-state index in [1.807, 2.05) is 32.0 Å². The molecule has 11 nitrogen and oxygen atoms in total. The second-order valence-corrected chi connectivity index (χ2v) is 11.9. The highest BCUT2D eigenvalue weighted by Gasteiger charge is 2.54. The lowest BCUT2D eigenvalue weighted by Gasteiger charge is -2.43. The summed E-state index contributed by atoms with van der Waals surface area (Å²) in [5.41, 5.74) is 2.60. The molecule has 3 aromatic rings. The predicted octanol–water partition coefficient (Wildman–Crippen LogP) is 4.15. The molecule has 5 atom stereocenters. The zero-order valence-corrected chi connectivity index (χ0v) is 25.9. The Morgan fingerprint density at radius 3 is 2.14 bits per heavy atom. The van der Waals surface area contributed by atoms with E-state index >= 15 is 0 Å². The number of ether oxygens (including phenoxy) is 5. The third kappa shape index (κ3) is 5.39. The van der Waals surface area contributed by atoms with Crippen LogP contribution in [0.1, 0.15) is 72.2 Å². The van der Waals surface area contributed by atoms with Gasteiger partial charge in [0.1, 0.15) is 0 Å². The summed E-state index contributed by atoms with van der Waals surface area (Å²) in [6.07, 6.45) is -7.07. The van der Waals surface area contributed by atoms with Crippen LogP contribution >= 0.6 is 15.9 Å². The van der Waals surface area contributed by atoms with Crippen molar-refractivity contribution in [3.8, 4) is 0 Å². The Morgan fingerprint density at radius 1 is 0.884 bits per heavy atom. The quantitative estimate of drug-likeness (QED) is 0.233. The minimum absolute atomic E-state index is 0.159. The van der Waals surface area contributed by atoms with Gasteiger partial charge in [0.15, 0.2) is 42.3 Å². The molecular weight excluding hydrogens is 626 g/mol. The fraction of sp³-hybridized carbons (Fsp3) is 0.387. The van der Waals surface area contributed by atoms with Crippen molar-refractivity contribution in [2.24, 2.45) is 0 Å². The summed E-state index contributed by atoms with van der Waals surface area (Å²) in [5.74, 6) is -3.08. The van der Waals surface area contributed by atoms with Gasteiger partial charge in [-0.1, -0.05) is 48.0 Å². The number of carbonyl (C=O) groups is 5. The number of H-pyrrole nitrogens is 1. The Hall–Kier alpha value is -3.87. The fourth-order valence-corrected chi connectivity index (χ4v) is 6.26. The molecular formula is C31H30BrNO10. The van der Waals surface area contributed by atoms with Crippen molar-refractivity contribution in [3.05, 3.63) is 68.8 Å². The number of hydrogen-bond donors (Lipinski definition) is 1. The number of esters is 3. The van der Waals surface area contributed by atoms with E-state index in [9.17, 15) is 24.0 Å². The summed E-state index contributed by atoms with van der Waals surface area (Å²) in [6, 6.07) is 10.4. The van der Waals surface area contributed by atoms with Gasteiger partial charge in [-0.3, -0.25) is 24.0 Å². The Balaban J connectivity index is 1.58. The number of rotatable bonds is 6. The molecule has 1 aliphatic carbocycles. The standard InChI is InChI=1S/C31H30BrNO10/c1-13(34)40-26-25(43-30(39-6)28(42-15(3)36)27(26)41-14(2)35)23(37)16-7-9-18-20(11-16)31(4,5)29-22(24(18)38)19-10-8-17(32)12-21(19)33-29/h7-12,25-28,30,33H,1-6H3/t25-,26-,27-,28+,30-/m0/s1. The van der Waals surface area contributed by atoms with Gasteiger partial charge in [0.05, 0.1) is 5.56 Å². The highest BCUT2D eigenvalue weighted by Crippen LogP contribution is 2.44. The number of fused-ring (bicyclic) bond motifs is 4. The first-order valence-electron chi connectivity index (χ1n) is 13.5. The highest BCUT2D eigenvalue weighted by molar-refractivity contribution is 9.10. The molecule has 0 saturated carbocycles. The van der Waals surface area contributed by atoms with E-state index in [1.54, 1.807) is 12.1 Å². The SMILES string of the molecule is CO[C@H]1O[C@@H](C(=O)c2ccc3c(c2)C(C)(C)c2[nH]c4cc(Br)ccc4c2C3=O)[C@H](OC(C)=O)[C@H](OC(C)=O)[C@H]1OC(C)=O. The van der Waals surface area contributed by atoms with Crippen LogP contribution < -0.4 is 0 Å². The Labute approximate surface area is 255 Å². The van der Waals surface area contributed by atoms with Crippen LogP contribution in [0.2, 0.25) is 0 Å². The first kappa shape index (κ1) is 30.6. The van der Waals surface area contributed by atoms with Crippen LogP contribution in [0, 0.1) is 0 Å². The molecule has 1 N–H and O–H groups in total. The summed E-state index contributed by atoms with van der Waals surface area (Å²) in [7, 11) is 1.27. The minimum Gasteiger partial charge on any atom is -0.455 e. The molecule has 1 aliphatic heterocycles. The Bertz CT molecular complexity index is 1670. The first-order valence-corrected chi connectivity index (χ1v) is 14.3. The smallest absolute Gasteiger partial charge is 0.303 e. The largest absolute Gasteiger partial charge is 0.455 e. The number of benzene rings is 2. The maximum Gasteiger partial charge on any atom is 0.303 e. The van der Waals surface area contributed by atoms with E-state index in [2.05, 4.69) is 20.9 Å². The van der Waals surface area contributed by atoms with Crippen LogP contribution in [0.25, 0.3) is 10.9 Å². The number of Topliss-reactive ketones (excluding diaryl/α,β-unsaturated/α-hetero) is 1. The molecule has 0 amide bonds. The van der Waals surface area contributed by atoms with Gasteiger partial charge in [-0.2, -0.15) is 0 Å². The molecule has 0 bridgehead atoms. The number of nitrogens with one attached hydrogen (secondary N) is 1. The minimum atomic E-state index is -1.51. The molecule has 0 spiro atoms. The number of carbonyl (C=O) groups excluding carboxylic acids is 5. The van der Waals surface area contributed by atoms with Crippen molar-refractivity contribution in [1.82, 2.24) is 4.98 Å². The van der Waals surface area contributed by atoms with Crippen molar-refractivity contribution < 1.29 is 47.7 Å². The summed E-state index contributed by atoms with van der Waals surface area (Å²) in [4.78, 5) is 67.3. The highest BCUT2D eigenvalue weighted by atomic mass is 79.9. The van der Waals surface area contributed by atoms with E-state index in [0.29, 0.717) is 22.4 Å². The Kier molecular flexibility index (Phi) is 8.05. The van der Waals surface area contributed by atoms with Crippen LogP contribution in [0.4, 0.5) is 0 Å². The molecule has 0 unspecified atom stereocenters. The topological polar surface area (TPSA) is 147 Å². The lowest BCUT2D eigenvalue weighted by Crippen LogP contribution is -2.63. The molecule has 2 aliphatic rings. The third-order valence-corrected chi connectivity index (χ3v) is 8.22. The van der Waals surface area contributed by atoms with Gasteiger partial charge in [0.25, 0.3) is 0 Å². The lowest BCUT2D eigenvalue weighted by molar-refractivity contribution is -0.288. The molecule has 1 fully saturated rings. The molecule has 2 heterocycles. The van der Waals surface area contributed by atoms with E-state index in [-0.39, 0.29) is 11.3 Å². The Morgan fingerprint density at radius 2 is 1.51 bits per heavy atom. The number of hydrogen-bond acceptors (Lipinski definition) is 10. The monoisotopic (exact) mass is 655 g/mol. The average Bonchev–Trinajstić information content (AvgIpc) is 3.32. The van der Waals surface area contributed by atoms with Crippen LogP contribution in [-0.2, 0) is 43.5 Å². The van der Waals surface area contributed by atoms with Crippen molar-refractivity contribution in [1.29, 1.82) is 0 Å². The molecule has 0 radical (unpaired) electrons. The second-order valence-electron chi connectivity index (χ2n) is 11.0. The van der Waals surface area contributed by atoms with Gasteiger partial charge >= 0.3 is 17.9 Å². The normalized spacial score (nSPS) is 24.1. The average molecular weight is 656 g/mol. The molecule has 5 rings (SSSR count). The van der Waals surface area contributed by atoms with Crippen molar-refractivity contribution in [2.75, 3.05) is 7.11 Å². The lowest BCUT2D eigenvalue weighted by atomic mass is 9.70. The van der Waals surface area contributed by atoms with Gasteiger partial charge in [0.2, 0.25) is 0 Å². The molecule has 43 heavy (non-hydrogen) atoms. The van der Waals surface area contributed by atoms with E-state index in [1.165, 1.54) is 13.2 Å². The van der Waals surface area contributed by atoms with Crippen LogP contribution in [-0.4, -0.2) is 72.3 Å². The number of aromatic nitrogens is 1. The van der Waals surface area contributed by atoms with Crippen LogP contribution in [0.5, 0.6) is 0 Å². The number of methoxy groups -OCH3 is 1. The van der Waals surface area contributed by atoms with E-state index in [0.717, 1.165) is 36.1 Å². The summed E-state index contributed by atoms with van der Waals surface area (Å²) in [5, 5.41) is 0.798. The molecule has 1 aromatic heterocycles. The van der Waals surface area contributed by atoms with Gasteiger partial charge in [-0.15, -0.1) is 0 Å². The molecule has 2 aromatic carbocycles. The molecule has 12 heteroatoms. The predicted molar refractivity (Wildman–Crippen MR) is 155 cm³/mol. The maximum atomic E-state index is 14.1. The molecule has 226 valence electrons. The summed E-state index contributed by atoms with van der Waals surface area (Å²) < 4.78 is 28.3. The van der Waals surface area contributed by atoms with Gasteiger partial charge < -0.3 is 28.7 Å². The van der Waals surface area contributed by atoms with Gasteiger partial charge in [-0.25, -0.2) is 0 Å². The van der Waals surface area contributed by atoms with Crippen LogP contribution in [0.3, 0.4) is 0 Å². The van der Waals surface area contributed by atoms with E-state index in [4.69, 9.17) is 23.7 Å². The second kappa shape index (κ2) is 11.3. The van der Waals surface area contributed by atoms with Crippen molar-refractivity contribution in [3.63, 3.8) is 0 Å². The fourth-order valence-electron chi connectivity index (χ4n) is 5.90. The summed E-state index contributed by atoms with van der Waals surface area (Å²) >= 11 is 3.48. The maximum absolute atomic E-state index is 14.1. The van der Waals surface area contributed by atoms with Gasteiger partial charge in [0, 0.05) is 65.5 Å². The number of ketones is 2. The van der Waals surface area contributed by atoms with E-state index < -0.39 is 59.8 Å². The zero-order valence-electron chi connectivity index (χ0n) is 24.3. The van der Waals surface area contributed by atoms with Crippen LogP contribution in [0.15, 0.2) is 40.9 Å². The molecule has 1 saturated heterocycles. The zero-order chi connectivity index (χ0) is 31.4. The number of aromatic amines is 1. The van der Waals surface area contributed by atoms with Gasteiger partial charge in [-0.05, 0) is 23.8 Å². The third-order valence-electron chi connectivity index (χ3n) is 7.73. The van der Waals surface area contributed by atoms with Crippen molar-refractivity contribution >= 4 is 56.3 Å². The first-order chi connectivity index (χ1) is 20.2. The number of halogens is 1. The van der Waals surface area contributed by atoms with Crippen molar-refractivity contribution in [2.45, 2.75) is 70.7 Å². The summed E-state index contributed by atoms with van der Waals surface area (Å²) in [6.45, 7) is 7.30.